The Morgan fingerprint density at radius 1 is 1.26 bits per heavy atom. The number of hydrogen-bond donors (Lipinski definition) is 1. The molecule has 2 N–H and O–H groups in total. The first-order valence-corrected chi connectivity index (χ1v) is 8.48. The van der Waals surface area contributed by atoms with E-state index in [-0.39, 0.29) is 6.04 Å². The van der Waals surface area contributed by atoms with Crippen molar-refractivity contribution in [1.82, 2.24) is 0 Å². The van der Waals surface area contributed by atoms with Crippen molar-refractivity contribution in [2.45, 2.75) is 49.3 Å². The lowest BCUT2D eigenvalue weighted by Gasteiger charge is -2.35. The van der Waals surface area contributed by atoms with E-state index in [2.05, 4.69) is 13.8 Å². The summed E-state index contributed by atoms with van der Waals surface area (Å²) >= 11 is 14.1. The summed E-state index contributed by atoms with van der Waals surface area (Å²) in [5.74, 6) is 1.50. The molecular weight excluding hydrogens is 297 g/mol. The van der Waals surface area contributed by atoms with Gasteiger partial charge in [-0.3, -0.25) is 0 Å². The van der Waals surface area contributed by atoms with Crippen molar-refractivity contribution in [3.63, 3.8) is 0 Å². The van der Waals surface area contributed by atoms with Crippen molar-refractivity contribution in [3.05, 3.63) is 28.2 Å². The third-order valence-corrected chi connectivity index (χ3v) is 6.11. The normalized spacial score (nSPS) is 27.8. The Morgan fingerprint density at radius 3 is 2.68 bits per heavy atom. The van der Waals surface area contributed by atoms with Crippen molar-refractivity contribution in [3.8, 4) is 0 Å². The third kappa shape index (κ3) is 4.04. The first-order valence-electron chi connectivity index (χ1n) is 6.84. The van der Waals surface area contributed by atoms with Crippen LogP contribution in [0.5, 0.6) is 0 Å². The molecule has 3 atom stereocenters. The molecular formula is C15H21Cl2NS. The maximum Gasteiger partial charge on any atom is 0.0543 e. The predicted molar refractivity (Wildman–Crippen MR) is 86.3 cm³/mol. The van der Waals surface area contributed by atoms with Crippen LogP contribution in [0, 0.1) is 11.8 Å². The molecule has 1 aromatic rings. The van der Waals surface area contributed by atoms with Crippen molar-refractivity contribution in [2.24, 2.45) is 17.6 Å². The summed E-state index contributed by atoms with van der Waals surface area (Å²) in [5, 5.41) is 1.95. The van der Waals surface area contributed by atoms with Gasteiger partial charge in [-0.25, -0.2) is 0 Å². The van der Waals surface area contributed by atoms with E-state index >= 15 is 0 Å². The van der Waals surface area contributed by atoms with E-state index in [1.807, 2.05) is 18.2 Å². The first kappa shape index (κ1) is 15.5. The number of benzene rings is 1. The van der Waals surface area contributed by atoms with Gasteiger partial charge in [-0.2, -0.15) is 0 Å². The van der Waals surface area contributed by atoms with Crippen molar-refractivity contribution in [2.75, 3.05) is 0 Å². The second kappa shape index (κ2) is 6.71. The number of thioether (sulfide) groups is 1. The summed E-state index contributed by atoms with van der Waals surface area (Å²) in [4.78, 5) is 1.05. The number of halogens is 2. The van der Waals surface area contributed by atoms with E-state index < -0.39 is 0 Å². The summed E-state index contributed by atoms with van der Waals surface area (Å²) < 4.78 is 0. The fraction of sp³-hybridized carbons (Fsp3) is 0.600. The summed E-state index contributed by atoms with van der Waals surface area (Å²) in [5.41, 5.74) is 6.28. The van der Waals surface area contributed by atoms with Gasteiger partial charge in [0.05, 0.1) is 5.02 Å². The van der Waals surface area contributed by atoms with Gasteiger partial charge in [-0.1, -0.05) is 37.0 Å². The highest BCUT2D eigenvalue weighted by molar-refractivity contribution is 8.00. The van der Waals surface area contributed by atoms with Crippen LogP contribution in [0.1, 0.15) is 33.1 Å². The summed E-state index contributed by atoms with van der Waals surface area (Å²) in [6.07, 6.45) is 3.53. The maximum absolute atomic E-state index is 6.28. The largest absolute Gasteiger partial charge is 0.327 e. The minimum absolute atomic E-state index is 0.259. The molecule has 1 nitrogen and oxygen atoms in total. The van der Waals surface area contributed by atoms with E-state index in [0.717, 1.165) is 33.2 Å². The third-order valence-electron chi connectivity index (χ3n) is 4.00. The standard InChI is InChI=1S/C15H21Cl2NS/c1-9(2)10-3-6-13(18)15(7-10)19-14-8-11(16)4-5-12(14)17/h4-5,8-10,13,15H,3,6-7,18H2,1-2H3. The highest BCUT2D eigenvalue weighted by Gasteiger charge is 2.30. The number of nitrogens with two attached hydrogens (primary N) is 1. The van der Waals surface area contributed by atoms with E-state index in [1.54, 1.807) is 11.8 Å². The van der Waals surface area contributed by atoms with Crippen molar-refractivity contribution in [1.29, 1.82) is 0 Å². The second-order valence-electron chi connectivity index (χ2n) is 5.71. The fourth-order valence-electron chi connectivity index (χ4n) is 2.66. The molecule has 1 fully saturated rings. The minimum Gasteiger partial charge on any atom is -0.327 e. The Morgan fingerprint density at radius 2 is 2.00 bits per heavy atom. The Balaban J connectivity index is 2.09. The minimum atomic E-state index is 0.259. The van der Waals surface area contributed by atoms with Gasteiger partial charge in [0.15, 0.2) is 0 Å². The topological polar surface area (TPSA) is 26.0 Å². The molecule has 1 aromatic carbocycles. The van der Waals surface area contributed by atoms with Gasteiger partial charge in [-0.15, -0.1) is 11.8 Å². The van der Waals surface area contributed by atoms with Gasteiger partial charge in [0.2, 0.25) is 0 Å². The zero-order valence-corrected chi connectivity index (χ0v) is 13.7. The van der Waals surface area contributed by atoms with Crippen molar-refractivity contribution < 1.29 is 0 Å². The molecule has 1 saturated carbocycles. The molecule has 3 unspecified atom stereocenters. The SMILES string of the molecule is CC(C)C1CCC(N)C(Sc2cc(Cl)ccc2Cl)C1. The van der Waals surface area contributed by atoms with E-state index in [0.29, 0.717) is 5.25 Å². The van der Waals surface area contributed by atoms with Crippen LogP contribution in [0.15, 0.2) is 23.1 Å². The monoisotopic (exact) mass is 317 g/mol. The Hall–Kier alpha value is 0.110. The molecule has 0 radical (unpaired) electrons. The predicted octanol–water partition coefficient (Wildman–Crippen LogP) is 5.24. The Kier molecular flexibility index (Phi) is 5.47. The summed E-state index contributed by atoms with van der Waals surface area (Å²) in [7, 11) is 0. The van der Waals surface area contributed by atoms with Crippen LogP contribution in [-0.4, -0.2) is 11.3 Å². The molecule has 0 saturated heterocycles. The Bertz CT molecular complexity index is 436. The smallest absolute Gasteiger partial charge is 0.0543 e. The molecule has 1 aliphatic carbocycles. The molecule has 0 amide bonds. The van der Waals surface area contributed by atoms with E-state index in [9.17, 15) is 0 Å². The number of rotatable bonds is 3. The molecule has 2 rings (SSSR count). The second-order valence-corrected chi connectivity index (χ2v) is 7.84. The highest BCUT2D eigenvalue weighted by atomic mass is 35.5. The average Bonchev–Trinajstić information content (AvgIpc) is 2.36. The molecule has 0 spiro atoms. The van der Waals surface area contributed by atoms with Gasteiger partial charge >= 0.3 is 0 Å². The van der Waals surface area contributed by atoms with Crippen LogP contribution in [0.4, 0.5) is 0 Å². The lowest BCUT2D eigenvalue weighted by molar-refractivity contribution is 0.266. The van der Waals surface area contributed by atoms with Gasteiger partial charge < -0.3 is 5.73 Å². The fourth-order valence-corrected chi connectivity index (χ4v) is 4.50. The average molecular weight is 318 g/mol. The van der Waals surface area contributed by atoms with Crippen LogP contribution in [0.2, 0.25) is 10.0 Å². The molecule has 19 heavy (non-hydrogen) atoms. The Labute approximate surface area is 130 Å². The lowest BCUT2D eigenvalue weighted by Crippen LogP contribution is -2.39. The zero-order valence-electron chi connectivity index (χ0n) is 11.4. The van der Waals surface area contributed by atoms with Gasteiger partial charge in [0.25, 0.3) is 0 Å². The van der Waals surface area contributed by atoms with Gasteiger partial charge in [-0.05, 0) is 49.3 Å². The van der Waals surface area contributed by atoms with Gasteiger partial charge in [0.1, 0.15) is 0 Å². The molecule has 0 aromatic heterocycles. The molecule has 0 bridgehead atoms. The molecule has 0 aliphatic heterocycles. The van der Waals surface area contributed by atoms with Crippen molar-refractivity contribution >= 4 is 35.0 Å². The zero-order chi connectivity index (χ0) is 14.0. The molecule has 4 heteroatoms. The summed E-state index contributed by atoms with van der Waals surface area (Å²) in [6, 6.07) is 5.89. The van der Waals surface area contributed by atoms with Crippen LogP contribution in [0.3, 0.4) is 0 Å². The molecule has 1 aliphatic rings. The van der Waals surface area contributed by atoms with Crippen LogP contribution >= 0.6 is 35.0 Å². The quantitative estimate of drug-likeness (QED) is 0.825. The molecule has 0 heterocycles. The van der Waals surface area contributed by atoms with Gasteiger partial charge in [0, 0.05) is 21.2 Å². The highest BCUT2D eigenvalue weighted by Crippen LogP contribution is 2.41. The lowest BCUT2D eigenvalue weighted by atomic mass is 9.79. The number of hydrogen-bond acceptors (Lipinski definition) is 2. The van der Waals surface area contributed by atoms with Crippen LogP contribution in [0.25, 0.3) is 0 Å². The molecule has 106 valence electrons. The van der Waals surface area contributed by atoms with Crippen LogP contribution < -0.4 is 5.73 Å². The van der Waals surface area contributed by atoms with E-state index in [1.165, 1.54) is 12.8 Å². The van der Waals surface area contributed by atoms with E-state index in [4.69, 9.17) is 28.9 Å². The maximum atomic E-state index is 6.28. The summed E-state index contributed by atoms with van der Waals surface area (Å²) in [6.45, 7) is 4.60. The van der Waals surface area contributed by atoms with Crippen LogP contribution in [-0.2, 0) is 0 Å². The first-order chi connectivity index (χ1) is 8.97.